The summed E-state index contributed by atoms with van der Waals surface area (Å²) in [4.78, 5) is 12.0. The fraction of sp³-hybridized carbons (Fsp3) is 0.278. The lowest BCUT2D eigenvalue weighted by molar-refractivity contribution is -0.120. The van der Waals surface area contributed by atoms with E-state index in [0.717, 1.165) is 28.2 Å². The molecular formula is C18H19NO3. The molecule has 0 aromatic heterocycles. The average Bonchev–Trinajstić information content (AvgIpc) is 2.54. The van der Waals surface area contributed by atoms with Gasteiger partial charge in [0.1, 0.15) is 13.2 Å². The SMILES string of the molecule is Cc1cc2c(cc1CNC(=O)Cc1ccccc1)OCCO2. The van der Waals surface area contributed by atoms with E-state index >= 15 is 0 Å². The van der Waals surface area contributed by atoms with Crippen molar-refractivity contribution in [2.24, 2.45) is 0 Å². The highest BCUT2D eigenvalue weighted by Crippen LogP contribution is 2.32. The van der Waals surface area contributed by atoms with Gasteiger partial charge in [-0.05, 0) is 35.7 Å². The molecule has 1 amide bonds. The maximum atomic E-state index is 12.0. The van der Waals surface area contributed by atoms with Gasteiger partial charge in [-0.3, -0.25) is 4.79 Å². The van der Waals surface area contributed by atoms with Crippen molar-refractivity contribution in [3.05, 3.63) is 59.2 Å². The third kappa shape index (κ3) is 3.39. The number of nitrogens with one attached hydrogen (secondary N) is 1. The van der Waals surface area contributed by atoms with Crippen LogP contribution in [0.1, 0.15) is 16.7 Å². The molecule has 0 aliphatic carbocycles. The highest BCUT2D eigenvalue weighted by Gasteiger charge is 2.14. The van der Waals surface area contributed by atoms with Gasteiger partial charge in [0.05, 0.1) is 6.42 Å². The molecule has 1 N–H and O–H groups in total. The van der Waals surface area contributed by atoms with Crippen molar-refractivity contribution in [1.82, 2.24) is 5.32 Å². The topological polar surface area (TPSA) is 47.6 Å². The Morgan fingerprint density at radius 1 is 1.09 bits per heavy atom. The van der Waals surface area contributed by atoms with Gasteiger partial charge >= 0.3 is 0 Å². The third-order valence-electron chi connectivity index (χ3n) is 3.68. The maximum Gasteiger partial charge on any atom is 0.224 e. The number of fused-ring (bicyclic) bond motifs is 1. The first kappa shape index (κ1) is 14.4. The fourth-order valence-electron chi connectivity index (χ4n) is 2.46. The van der Waals surface area contributed by atoms with E-state index in [1.807, 2.05) is 49.4 Å². The van der Waals surface area contributed by atoms with Crippen molar-refractivity contribution in [3.63, 3.8) is 0 Å². The van der Waals surface area contributed by atoms with E-state index < -0.39 is 0 Å². The first-order chi connectivity index (χ1) is 10.7. The lowest BCUT2D eigenvalue weighted by Gasteiger charge is -2.20. The molecule has 4 nitrogen and oxygen atoms in total. The summed E-state index contributed by atoms with van der Waals surface area (Å²) in [6.07, 6.45) is 0.393. The molecule has 0 atom stereocenters. The number of carbonyl (C=O) groups is 1. The normalized spacial score (nSPS) is 12.8. The van der Waals surface area contributed by atoms with E-state index in [4.69, 9.17) is 9.47 Å². The molecule has 0 radical (unpaired) electrons. The van der Waals surface area contributed by atoms with Gasteiger partial charge < -0.3 is 14.8 Å². The van der Waals surface area contributed by atoms with Crippen molar-refractivity contribution < 1.29 is 14.3 Å². The first-order valence-electron chi connectivity index (χ1n) is 7.42. The summed E-state index contributed by atoms with van der Waals surface area (Å²) in [6, 6.07) is 13.6. The molecule has 114 valence electrons. The molecule has 22 heavy (non-hydrogen) atoms. The number of hydrogen-bond donors (Lipinski definition) is 1. The van der Waals surface area contributed by atoms with Crippen molar-refractivity contribution in [1.29, 1.82) is 0 Å². The lowest BCUT2D eigenvalue weighted by Crippen LogP contribution is -2.25. The number of hydrogen-bond acceptors (Lipinski definition) is 3. The van der Waals surface area contributed by atoms with Crippen molar-refractivity contribution >= 4 is 5.91 Å². The number of aryl methyl sites for hydroxylation is 1. The minimum absolute atomic E-state index is 0.0143. The van der Waals surface area contributed by atoms with Gasteiger partial charge in [0.25, 0.3) is 0 Å². The molecule has 1 aliphatic heterocycles. The van der Waals surface area contributed by atoms with Gasteiger partial charge in [0, 0.05) is 6.54 Å². The van der Waals surface area contributed by atoms with Crippen LogP contribution < -0.4 is 14.8 Å². The predicted molar refractivity (Wildman–Crippen MR) is 84.2 cm³/mol. The summed E-state index contributed by atoms with van der Waals surface area (Å²) < 4.78 is 11.1. The van der Waals surface area contributed by atoms with Gasteiger partial charge in [-0.1, -0.05) is 30.3 Å². The molecular weight excluding hydrogens is 278 g/mol. The zero-order valence-corrected chi connectivity index (χ0v) is 12.6. The number of carbonyl (C=O) groups excluding carboxylic acids is 1. The Kier molecular flexibility index (Phi) is 4.28. The van der Waals surface area contributed by atoms with E-state index in [1.165, 1.54) is 0 Å². The Morgan fingerprint density at radius 2 is 1.77 bits per heavy atom. The second-order valence-electron chi connectivity index (χ2n) is 5.36. The minimum atomic E-state index is 0.0143. The van der Waals surface area contributed by atoms with Crippen LogP contribution in [0.25, 0.3) is 0 Å². The summed E-state index contributed by atoms with van der Waals surface area (Å²) in [5.41, 5.74) is 3.15. The maximum absolute atomic E-state index is 12.0. The van der Waals surface area contributed by atoms with Crippen LogP contribution in [0.15, 0.2) is 42.5 Å². The number of ether oxygens (including phenoxy) is 2. The number of rotatable bonds is 4. The van der Waals surface area contributed by atoms with Crippen molar-refractivity contribution in [2.75, 3.05) is 13.2 Å². The monoisotopic (exact) mass is 297 g/mol. The zero-order chi connectivity index (χ0) is 15.4. The molecule has 0 fully saturated rings. The predicted octanol–water partition coefficient (Wildman–Crippen LogP) is 2.63. The Hall–Kier alpha value is -2.49. The second kappa shape index (κ2) is 6.52. The molecule has 0 saturated carbocycles. The van der Waals surface area contributed by atoms with Crippen LogP contribution in [0.3, 0.4) is 0 Å². The van der Waals surface area contributed by atoms with Crippen LogP contribution in [0.2, 0.25) is 0 Å². The standard InChI is InChI=1S/C18H19NO3/c1-13-9-16-17(22-8-7-21-16)11-15(13)12-19-18(20)10-14-5-3-2-4-6-14/h2-6,9,11H,7-8,10,12H2,1H3,(H,19,20). The van der Waals surface area contributed by atoms with Gasteiger partial charge in [-0.15, -0.1) is 0 Å². The molecule has 1 heterocycles. The largest absolute Gasteiger partial charge is 0.486 e. The smallest absolute Gasteiger partial charge is 0.224 e. The summed E-state index contributed by atoms with van der Waals surface area (Å²) in [7, 11) is 0. The molecule has 1 aliphatic rings. The lowest BCUT2D eigenvalue weighted by atomic mass is 10.1. The summed E-state index contributed by atoms with van der Waals surface area (Å²) in [5.74, 6) is 1.55. The number of benzene rings is 2. The Balaban J connectivity index is 1.62. The van der Waals surface area contributed by atoms with Crippen LogP contribution >= 0.6 is 0 Å². The van der Waals surface area contributed by atoms with Gasteiger partial charge in [0.15, 0.2) is 11.5 Å². The average molecular weight is 297 g/mol. The van der Waals surface area contributed by atoms with Crippen LogP contribution in [0, 0.1) is 6.92 Å². The van der Waals surface area contributed by atoms with Gasteiger partial charge in [-0.2, -0.15) is 0 Å². The van der Waals surface area contributed by atoms with E-state index in [9.17, 15) is 4.79 Å². The molecule has 0 spiro atoms. The Bertz CT molecular complexity index is 668. The molecule has 0 saturated heterocycles. The highest BCUT2D eigenvalue weighted by molar-refractivity contribution is 5.78. The van der Waals surface area contributed by atoms with Crippen LogP contribution in [-0.4, -0.2) is 19.1 Å². The second-order valence-corrected chi connectivity index (χ2v) is 5.36. The summed E-state index contributed by atoms with van der Waals surface area (Å²) in [6.45, 7) is 3.65. The molecule has 2 aromatic carbocycles. The van der Waals surface area contributed by atoms with E-state index in [2.05, 4.69) is 5.32 Å². The number of amides is 1. The molecule has 3 rings (SSSR count). The third-order valence-corrected chi connectivity index (χ3v) is 3.68. The van der Waals surface area contributed by atoms with Crippen molar-refractivity contribution in [2.45, 2.75) is 19.9 Å². The Morgan fingerprint density at radius 3 is 2.50 bits per heavy atom. The van der Waals surface area contributed by atoms with Gasteiger partial charge in [-0.25, -0.2) is 0 Å². The molecule has 0 bridgehead atoms. The summed E-state index contributed by atoms with van der Waals surface area (Å²) >= 11 is 0. The zero-order valence-electron chi connectivity index (χ0n) is 12.6. The molecule has 0 unspecified atom stereocenters. The van der Waals surface area contributed by atoms with E-state index in [-0.39, 0.29) is 5.91 Å². The molecule has 2 aromatic rings. The quantitative estimate of drug-likeness (QED) is 0.943. The van der Waals surface area contributed by atoms with Gasteiger partial charge in [0.2, 0.25) is 5.91 Å². The summed E-state index contributed by atoms with van der Waals surface area (Å²) in [5, 5.41) is 2.96. The Labute approximate surface area is 130 Å². The van der Waals surface area contributed by atoms with Crippen LogP contribution in [0.5, 0.6) is 11.5 Å². The van der Waals surface area contributed by atoms with Crippen molar-refractivity contribution in [3.8, 4) is 11.5 Å². The van der Waals surface area contributed by atoms with Crippen LogP contribution in [-0.2, 0) is 17.8 Å². The highest BCUT2D eigenvalue weighted by atomic mass is 16.6. The minimum Gasteiger partial charge on any atom is -0.486 e. The van der Waals surface area contributed by atoms with E-state index in [0.29, 0.717) is 26.2 Å². The first-order valence-corrected chi connectivity index (χ1v) is 7.42. The fourth-order valence-corrected chi connectivity index (χ4v) is 2.46. The molecule has 4 heteroatoms. The van der Waals surface area contributed by atoms with E-state index in [1.54, 1.807) is 0 Å². The van der Waals surface area contributed by atoms with Crippen LogP contribution in [0.4, 0.5) is 0 Å².